The van der Waals surface area contributed by atoms with Crippen LogP contribution in [0.25, 0.3) is 11.1 Å². The van der Waals surface area contributed by atoms with Gasteiger partial charge in [-0.1, -0.05) is 30.3 Å². The predicted molar refractivity (Wildman–Crippen MR) is 101 cm³/mol. The molecule has 0 bridgehead atoms. The summed E-state index contributed by atoms with van der Waals surface area (Å²) in [4.78, 5) is 6.66. The zero-order valence-electron chi connectivity index (χ0n) is 13.5. The lowest BCUT2D eigenvalue weighted by atomic mass is 9.95. The van der Waals surface area contributed by atoms with Gasteiger partial charge in [0.2, 0.25) is 5.89 Å². The van der Waals surface area contributed by atoms with E-state index in [0.717, 1.165) is 13.1 Å². The lowest BCUT2D eigenvalue weighted by molar-refractivity contribution is 0.289. The molecule has 4 nitrogen and oxygen atoms in total. The second kappa shape index (κ2) is 8.15. The largest absolute Gasteiger partial charge is 0.439 e. The summed E-state index contributed by atoms with van der Waals surface area (Å²) in [7, 11) is 0. The maximum atomic E-state index is 13.2. The number of aromatic nitrogens is 1. The van der Waals surface area contributed by atoms with Crippen LogP contribution in [0.3, 0.4) is 0 Å². The van der Waals surface area contributed by atoms with Gasteiger partial charge < -0.3 is 10.2 Å². The van der Waals surface area contributed by atoms with Gasteiger partial charge in [-0.3, -0.25) is 4.90 Å². The number of fused-ring (bicyclic) bond motifs is 1. The van der Waals surface area contributed by atoms with Crippen LogP contribution in [0.5, 0.6) is 0 Å². The van der Waals surface area contributed by atoms with Crippen LogP contribution < -0.4 is 5.73 Å². The van der Waals surface area contributed by atoms with Crippen LogP contribution in [0.1, 0.15) is 17.4 Å². The maximum absolute atomic E-state index is 13.2. The van der Waals surface area contributed by atoms with Gasteiger partial charge in [-0.05, 0) is 17.7 Å². The molecule has 2 N–H and O–H groups in total. The van der Waals surface area contributed by atoms with Gasteiger partial charge in [0.1, 0.15) is 11.3 Å². The number of nitrogens with two attached hydrogens (primary N) is 1. The van der Waals surface area contributed by atoms with Crippen molar-refractivity contribution in [1.29, 1.82) is 0 Å². The third-order valence-corrected chi connectivity index (χ3v) is 4.42. The number of likely N-dealkylation sites (tertiary alicyclic amines) is 1. The fraction of sp³-hybridized carbons (Fsp3) is 0.278. The topological polar surface area (TPSA) is 55.3 Å². The first-order valence-corrected chi connectivity index (χ1v) is 7.77. The highest BCUT2D eigenvalue weighted by Gasteiger charge is 2.31. The molecule has 4 rings (SSSR count). The quantitative estimate of drug-likeness (QED) is 0.748. The van der Waals surface area contributed by atoms with Crippen molar-refractivity contribution in [3.8, 4) is 0 Å². The van der Waals surface area contributed by atoms with Crippen LogP contribution in [0.4, 0.5) is 4.39 Å². The van der Waals surface area contributed by atoms with Crippen LogP contribution in [0.15, 0.2) is 52.9 Å². The van der Waals surface area contributed by atoms with Gasteiger partial charge in [-0.25, -0.2) is 9.37 Å². The molecule has 0 amide bonds. The SMILES string of the molecule is Cl.Cl.N[C@@H]1CN(Cc2nc3ccc(F)cc3o2)C[C@H]1c1ccccc1. The molecular formula is C18H20Cl2FN3O. The lowest BCUT2D eigenvalue weighted by Gasteiger charge is -2.14. The van der Waals surface area contributed by atoms with E-state index in [-0.39, 0.29) is 36.7 Å². The van der Waals surface area contributed by atoms with Crippen LogP contribution in [-0.4, -0.2) is 29.0 Å². The minimum atomic E-state index is -0.312. The average molecular weight is 384 g/mol. The Morgan fingerprint density at radius 3 is 2.64 bits per heavy atom. The molecule has 0 aliphatic carbocycles. The van der Waals surface area contributed by atoms with Crippen molar-refractivity contribution in [1.82, 2.24) is 9.88 Å². The average Bonchev–Trinajstić information content (AvgIpc) is 3.10. The van der Waals surface area contributed by atoms with Crippen molar-refractivity contribution >= 4 is 35.9 Å². The van der Waals surface area contributed by atoms with Gasteiger partial charge in [0.05, 0.1) is 6.54 Å². The van der Waals surface area contributed by atoms with Crippen molar-refractivity contribution in [2.45, 2.75) is 18.5 Å². The Balaban J connectivity index is 0.00000113. The van der Waals surface area contributed by atoms with E-state index in [0.29, 0.717) is 29.5 Å². The number of nitrogens with zero attached hydrogens (tertiary/aromatic N) is 2. The molecule has 0 unspecified atom stereocenters. The van der Waals surface area contributed by atoms with Crippen LogP contribution in [-0.2, 0) is 6.54 Å². The summed E-state index contributed by atoms with van der Waals surface area (Å²) >= 11 is 0. The third-order valence-electron chi connectivity index (χ3n) is 4.42. The smallest absolute Gasteiger partial charge is 0.209 e. The van der Waals surface area contributed by atoms with Gasteiger partial charge in [-0.15, -0.1) is 24.8 Å². The summed E-state index contributed by atoms with van der Waals surface area (Å²) in [6.07, 6.45) is 0. The van der Waals surface area contributed by atoms with Gasteiger partial charge in [0, 0.05) is 31.1 Å². The van der Waals surface area contributed by atoms with Gasteiger partial charge in [0.25, 0.3) is 0 Å². The Hall–Kier alpha value is -1.66. The van der Waals surface area contributed by atoms with E-state index in [1.807, 2.05) is 18.2 Å². The first-order valence-electron chi connectivity index (χ1n) is 7.77. The molecule has 1 fully saturated rings. The molecule has 1 aliphatic heterocycles. The van der Waals surface area contributed by atoms with E-state index in [1.54, 1.807) is 6.07 Å². The van der Waals surface area contributed by atoms with E-state index in [4.69, 9.17) is 10.2 Å². The fourth-order valence-corrected chi connectivity index (χ4v) is 3.30. The van der Waals surface area contributed by atoms with Crippen LogP contribution in [0.2, 0.25) is 0 Å². The van der Waals surface area contributed by atoms with Crippen LogP contribution >= 0.6 is 24.8 Å². The number of oxazole rings is 1. The molecule has 0 saturated carbocycles. The van der Waals surface area contributed by atoms with E-state index in [2.05, 4.69) is 22.0 Å². The third kappa shape index (κ3) is 4.12. The molecule has 2 heterocycles. The first-order chi connectivity index (χ1) is 11.2. The number of halogens is 3. The van der Waals surface area contributed by atoms with Crippen LogP contribution in [0, 0.1) is 5.82 Å². The zero-order valence-corrected chi connectivity index (χ0v) is 15.1. The molecular weight excluding hydrogens is 364 g/mol. The van der Waals surface area contributed by atoms with E-state index < -0.39 is 0 Å². The van der Waals surface area contributed by atoms with Crippen molar-refractivity contribution in [3.63, 3.8) is 0 Å². The Morgan fingerprint density at radius 2 is 1.88 bits per heavy atom. The molecule has 25 heavy (non-hydrogen) atoms. The minimum Gasteiger partial charge on any atom is -0.439 e. The predicted octanol–water partition coefficient (Wildman–Crippen LogP) is 3.74. The molecule has 1 aromatic heterocycles. The molecule has 134 valence electrons. The van der Waals surface area contributed by atoms with E-state index in [1.165, 1.54) is 17.7 Å². The molecule has 1 aliphatic rings. The lowest BCUT2D eigenvalue weighted by Crippen LogP contribution is -2.28. The van der Waals surface area contributed by atoms with Crippen molar-refractivity contribution in [3.05, 3.63) is 65.8 Å². The summed E-state index contributed by atoms with van der Waals surface area (Å²) in [5, 5.41) is 0. The fourth-order valence-electron chi connectivity index (χ4n) is 3.30. The zero-order chi connectivity index (χ0) is 15.8. The molecule has 3 aromatic rings. The Kier molecular flexibility index (Phi) is 6.41. The summed E-state index contributed by atoms with van der Waals surface area (Å²) < 4.78 is 18.9. The first kappa shape index (κ1) is 19.7. The molecule has 2 aromatic carbocycles. The highest BCUT2D eigenvalue weighted by molar-refractivity contribution is 5.85. The molecule has 2 atom stereocenters. The summed E-state index contributed by atoms with van der Waals surface area (Å²) in [5.41, 5.74) is 8.75. The molecule has 1 saturated heterocycles. The van der Waals surface area contributed by atoms with Crippen molar-refractivity contribution in [2.75, 3.05) is 13.1 Å². The van der Waals surface area contributed by atoms with Crippen molar-refractivity contribution in [2.24, 2.45) is 5.73 Å². The van der Waals surface area contributed by atoms with Gasteiger partial charge in [-0.2, -0.15) is 0 Å². The Labute approximate surface area is 158 Å². The summed E-state index contributed by atoms with van der Waals surface area (Å²) in [6.45, 7) is 2.26. The monoisotopic (exact) mass is 383 g/mol. The molecule has 7 heteroatoms. The van der Waals surface area contributed by atoms with Gasteiger partial charge in [0.15, 0.2) is 5.58 Å². The standard InChI is InChI=1S/C18H18FN3O.2ClH/c19-13-6-7-16-17(8-13)23-18(21-16)11-22-9-14(15(20)10-22)12-4-2-1-3-5-12;;/h1-8,14-15H,9-11,20H2;2*1H/t14-,15+;;/m0../s1. The minimum absolute atomic E-state index is 0. The molecule has 0 radical (unpaired) electrons. The highest BCUT2D eigenvalue weighted by atomic mass is 35.5. The number of hydrogen-bond donors (Lipinski definition) is 1. The maximum Gasteiger partial charge on any atom is 0.209 e. The second-order valence-corrected chi connectivity index (χ2v) is 6.09. The van der Waals surface area contributed by atoms with Crippen molar-refractivity contribution < 1.29 is 8.81 Å². The Bertz CT molecular complexity index is 828. The Morgan fingerprint density at radius 1 is 1.12 bits per heavy atom. The van der Waals surface area contributed by atoms with E-state index in [9.17, 15) is 4.39 Å². The highest BCUT2D eigenvalue weighted by Crippen LogP contribution is 2.28. The number of rotatable bonds is 3. The summed E-state index contributed by atoms with van der Waals surface area (Å²) in [6, 6.07) is 14.8. The van der Waals surface area contributed by atoms with E-state index >= 15 is 0 Å². The second-order valence-electron chi connectivity index (χ2n) is 6.09. The number of benzene rings is 2. The number of hydrogen-bond acceptors (Lipinski definition) is 4. The van der Waals surface area contributed by atoms with Gasteiger partial charge >= 0.3 is 0 Å². The normalized spacial score (nSPS) is 20.2. The summed E-state index contributed by atoms with van der Waals surface area (Å²) in [5.74, 6) is 0.608. The molecule has 0 spiro atoms.